The lowest BCUT2D eigenvalue weighted by molar-refractivity contribution is -0.140. The molecule has 1 unspecified atom stereocenters. The van der Waals surface area contributed by atoms with E-state index in [0.29, 0.717) is 6.42 Å². The second-order valence-corrected chi connectivity index (χ2v) is 4.36. The van der Waals surface area contributed by atoms with E-state index in [-0.39, 0.29) is 12.2 Å². The number of carboxylic acids is 1. The molecule has 0 spiro atoms. The number of hydrogen-bond donors (Lipinski definition) is 1. The SMILES string of the molecule is CCC(CC(=O)O)(c1ccc(F)cc1)N(C)C. The van der Waals surface area contributed by atoms with Crippen molar-refractivity contribution in [2.75, 3.05) is 14.1 Å². The number of nitrogens with zero attached hydrogens (tertiary/aromatic N) is 1. The van der Waals surface area contributed by atoms with Crippen LogP contribution < -0.4 is 0 Å². The lowest BCUT2D eigenvalue weighted by Crippen LogP contribution is -2.42. The summed E-state index contributed by atoms with van der Waals surface area (Å²) in [4.78, 5) is 12.9. The van der Waals surface area contributed by atoms with Crippen molar-refractivity contribution >= 4 is 5.97 Å². The zero-order chi connectivity index (χ0) is 13.1. The Bertz CT molecular complexity index is 389. The van der Waals surface area contributed by atoms with Crippen molar-refractivity contribution in [3.05, 3.63) is 35.6 Å². The summed E-state index contributed by atoms with van der Waals surface area (Å²) in [7, 11) is 3.69. The maximum absolute atomic E-state index is 12.9. The minimum atomic E-state index is -0.857. The molecule has 94 valence electrons. The minimum Gasteiger partial charge on any atom is -0.481 e. The van der Waals surface area contributed by atoms with E-state index in [1.807, 2.05) is 25.9 Å². The number of rotatable bonds is 5. The van der Waals surface area contributed by atoms with Gasteiger partial charge in [0.2, 0.25) is 0 Å². The molecule has 1 N–H and O–H groups in total. The third-order valence-corrected chi connectivity index (χ3v) is 3.27. The maximum Gasteiger partial charge on any atom is 0.305 e. The Morgan fingerprint density at radius 3 is 2.24 bits per heavy atom. The monoisotopic (exact) mass is 239 g/mol. The Labute approximate surface area is 101 Å². The zero-order valence-corrected chi connectivity index (χ0v) is 10.4. The molecular formula is C13H18FNO2. The molecule has 4 heteroatoms. The maximum atomic E-state index is 12.9. The first-order valence-electron chi connectivity index (χ1n) is 5.57. The van der Waals surface area contributed by atoms with Crippen LogP contribution in [0.4, 0.5) is 4.39 Å². The van der Waals surface area contributed by atoms with Gasteiger partial charge in [-0.2, -0.15) is 0 Å². The summed E-state index contributed by atoms with van der Waals surface area (Å²) in [6.45, 7) is 1.94. The first-order chi connectivity index (χ1) is 7.92. The predicted octanol–water partition coefficient (Wildman–Crippen LogP) is 2.47. The van der Waals surface area contributed by atoms with Gasteiger partial charge in [0.05, 0.1) is 12.0 Å². The Morgan fingerprint density at radius 1 is 1.35 bits per heavy atom. The van der Waals surface area contributed by atoms with Crippen molar-refractivity contribution in [2.45, 2.75) is 25.3 Å². The zero-order valence-electron chi connectivity index (χ0n) is 10.4. The summed E-state index contributed by atoms with van der Waals surface area (Å²) < 4.78 is 12.9. The quantitative estimate of drug-likeness (QED) is 0.858. The van der Waals surface area contributed by atoms with E-state index >= 15 is 0 Å². The van der Waals surface area contributed by atoms with Gasteiger partial charge >= 0.3 is 5.97 Å². The first-order valence-corrected chi connectivity index (χ1v) is 5.57. The molecule has 0 amide bonds. The Kier molecular flexibility index (Phi) is 4.23. The largest absolute Gasteiger partial charge is 0.481 e. The standard InChI is InChI=1S/C13H18FNO2/c1-4-13(15(2)3,9-12(16)17)10-5-7-11(14)8-6-10/h5-8H,4,9H2,1-3H3,(H,16,17). The fraction of sp³-hybridized carbons (Fsp3) is 0.462. The van der Waals surface area contributed by atoms with Gasteiger partial charge in [-0.1, -0.05) is 19.1 Å². The number of benzene rings is 1. The molecular weight excluding hydrogens is 221 g/mol. The Balaban J connectivity index is 3.21. The fourth-order valence-electron chi connectivity index (χ4n) is 2.17. The third-order valence-electron chi connectivity index (χ3n) is 3.27. The number of carbonyl (C=O) groups is 1. The Hall–Kier alpha value is -1.42. The molecule has 1 aromatic rings. The first kappa shape index (κ1) is 13.6. The predicted molar refractivity (Wildman–Crippen MR) is 64.3 cm³/mol. The van der Waals surface area contributed by atoms with Gasteiger partial charge in [-0.3, -0.25) is 9.69 Å². The van der Waals surface area contributed by atoms with Crippen molar-refractivity contribution in [3.8, 4) is 0 Å². The van der Waals surface area contributed by atoms with Crippen molar-refractivity contribution in [2.24, 2.45) is 0 Å². The van der Waals surface area contributed by atoms with Crippen LogP contribution in [0.5, 0.6) is 0 Å². The van der Waals surface area contributed by atoms with Crippen LogP contribution in [-0.4, -0.2) is 30.1 Å². The van der Waals surface area contributed by atoms with Gasteiger partial charge in [-0.05, 0) is 38.2 Å². The molecule has 1 rings (SSSR count). The van der Waals surface area contributed by atoms with E-state index in [9.17, 15) is 9.18 Å². The lowest BCUT2D eigenvalue weighted by atomic mass is 9.83. The van der Waals surface area contributed by atoms with Gasteiger partial charge in [-0.15, -0.1) is 0 Å². The Morgan fingerprint density at radius 2 is 1.88 bits per heavy atom. The van der Waals surface area contributed by atoms with E-state index < -0.39 is 11.5 Å². The molecule has 0 bridgehead atoms. The normalized spacial score (nSPS) is 14.6. The molecule has 0 saturated heterocycles. The second kappa shape index (κ2) is 5.27. The highest BCUT2D eigenvalue weighted by atomic mass is 19.1. The topological polar surface area (TPSA) is 40.5 Å². The smallest absolute Gasteiger partial charge is 0.305 e. The molecule has 1 atom stereocenters. The second-order valence-electron chi connectivity index (χ2n) is 4.36. The molecule has 0 heterocycles. The van der Waals surface area contributed by atoms with Gasteiger partial charge < -0.3 is 5.11 Å². The van der Waals surface area contributed by atoms with Gasteiger partial charge in [0, 0.05) is 0 Å². The van der Waals surface area contributed by atoms with Crippen LogP contribution in [0.3, 0.4) is 0 Å². The number of hydrogen-bond acceptors (Lipinski definition) is 2. The number of halogens is 1. The van der Waals surface area contributed by atoms with Crippen molar-refractivity contribution < 1.29 is 14.3 Å². The average molecular weight is 239 g/mol. The van der Waals surface area contributed by atoms with Gasteiger partial charge in [-0.25, -0.2) is 4.39 Å². The highest BCUT2D eigenvalue weighted by molar-refractivity contribution is 5.69. The highest BCUT2D eigenvalue weighted by Gasteiger charge is 2.35. The summed E-state index contributed by atoms with van der Waals surface area (Å²) in [5.41, 5.74) is 0.244. The van der Waals surface area contributed by atoms with Crippen LogP contribution >= 0.6 is 0 Å². The van der Waals surface area contributed by atoms with Crippen LogP contribution in [-0.2, 0) is 10.3 Å². The van der Waals surface area contributed by atoms with Crippen LogP contribution in [0, 0.1) is 5.82 Å². The van der Waals surface area contributed by atoms with Crippen LogP contribution in [0.2, 0.25) is 0 Å². The fourth-order valence-corrected chi connectivity index (χ4v) is 2.17. The van der Waals surface area contributed by atoms with Gasteiger partial charge in [0.15, 0.2) is 0 Å². The van der Waals surface area contributed by atoms with E-state index in [4.69, 9.17) is 5.11 Å². The molecule has 0 aliphatic rings. The summed E-state index contributed by atoms with van der Waals surface area (Å²) in [5.74, 6) is -1.17. The van der Waals surface area contributed by atoms with Crippen molar-refractivity contribution in [1.82, 2.24) is 4.90 Å². The lowest BCUT2D eigenvalue weighted by Gasteiger charge is -2.38. The molecule has 0 fully saturated rings. The van der Waals surface area contributed by atoms with Crippen molar-refractivity contribution in [1.29, 1.82) is 0 Å². The molecule has 3 nitrogen and oxygen atoms in total. The molecule has 1 aromatic carbocycles. The highest BCUT2D eigenvalue weighted by Crippen LogP contribution is 2.33. The average Bonchev–Trinajstić information content (AvgIpc) is 2.26. The van der Waals surface area contributed by atoms with Gasteiger partial charge in [0.25, 0.3) is 0 Å². The molecule has 0 radical (unpaired) electrons. The summed E-state index contributed by atoms with van der Waals surface area (Å²) in [6.07, 6.45) is 0.653. The van der Waals surface area contributed by atoms with E-state index in [2.05, 4.69) is 0 Å². The molecule has 0 aromatic heterocycles. The molecule has 0 aliphatic carbocycles. The minimum absolute atomic E-state index is 0.00212. The third kappa shape index (κ3) is 2.82. The summed E-state index contributed by atoms with van der Waals surface area (Å²) in [6, 6.07) is 6.04. The van der Waals surface area contributed by atoms with E-state index in [1.54, 1.807) is 12.1 Å². The van der Waals surface area contributed by atoms with Crippen LogP contribution in [0.15, 0.2) is 24.3 Å². The van der Waals surface area contributed by atoms with Crippen LogP contribution in [0.25, 0.3) is 0 Å². The van der Waals surface area contributed by atoms with E-state index in [0.717, 1.165) is 5.56 Å². The van der Waals surface area contributed by atoms with Gasteiger partial charge in [0.1, 0.15) is 5.82 Å². The van der Waals surface area contributed by atoms with E-state index in [1.165, 1.54) is 12.1 Å². The molecule has 0 aliphatic heterocycles. The molecule has 17 heavy (non-hydrogen) atoms. The summed E-state index contributed by atoms with van der Waals surface area (Å²) in [5, 5.41) is 9.04. The number of carboxylic acid groups (broad SMARTS) is 1. The number of aliphatic carboxylic acids is 1. The molecule has 0 saturated carbocycles. The van der Waals surface area contributed by atoms with Crippen LogP contribution in [0.1, 0.15) is 25.3 Å². The van der Waals surface area contributed by atoms with Crippen molar-refractivity contribution in [3.63, 3.8) is 0 Å². The summed E-state index contributed by atoms with van der Waals surface area (Å²) >= 11 is 0.